The Hall–Kier alpha value is -1.55. The number of esters is 1. The Bertz CT molecular complexity index is 524. The lowest BCUT2D eigenvalue weighted by molar-refractivity contribution is -0.152. The summed E-state index contributed by atoms with van der Waals surface area (Å²) in [5.41, 5.74) is -0.113. The van der Waals surface area contributed by atoms with Gasteiger partial charge in [0.25, 0.3) is 0 Å². The van der Waals surface area contributed by atoms with Gasteiger partial charge in [-0.25, -0.2) is 4.79 Å². The summed E-state index contributed by atoms with van der Waals surface area (Å²) < 4.78 is 4.89. The Morgan fingerprint density at radius 2 is 1.90 bits per heavy atom. The Morgan fingerprint density at radius 1 is 1.24 bits per heavy atom. The van der Waals surface area contributed by atoms with Gasteiger partial charge in [0, 0.05) is 5.02 Å². The monoisotopic (exact) mass is 309 g/mol. The van der Waals surface area contributed by atoms with Crippen LogP contribution in [0.15, 0.2) is 24.3 Å². The van der Waals surface area contributed by atoms with Gasteiger partial charge in [-0.15, -0.1) is 0 Å². The zero-order chi connectivity index (χ0) is 15.3. The summed E-state index contributed by atoms with van der Waals surface area (Å²) in [5, 5.41) is 3.45. The molecule has 1 amide bonds. The molecule has 0 atom stereocenters. The van der Waals surface area contributed by atoms with Gasteiger partial charge in [0.05, 0.1) is 13.5 Å². The fourth-order valence-corrected chi connectivity index (χ4v) is 3.06. The van der Waals surface area contributed by atoms with Gasteiger partial charge in [-0.05, 0) is 24.5 Å². The summed E-state index contributed by atoms with van der Waals surface area (Å²) in [6.07, 6.45) is 4.35. The minimum atomic E-state index is -0.870. The smallest absolute Gasteiger partial charge is 0.331 e. The van der Waals surface area contributed by atoms with Crippen molar-refractivity contribution in [3.05, 3.63) is 34.9 Å². The lowest BCUT2D eigenvalue weighted by atomic mass is 9.81. The van der Waals surface area contributed by atoms with E-state index < -0.39 is 5.54 Å². The number of ether oxygens (including phenoxy) is 1. The second-order valence-electron chi connectivity index (χ2n) is 5.45. The lowest BCUT2D eigenvalue weighted by Gasteiger charge is -2.35. The molecular weight excluding hydrogens is 290 g/mol. The molecule has 1 fully saturated rings. The van der Waals surface area contributed by atoms with Gasteiger partial charge in [-0.2, -0.15) is 0 Å². The predicted molar refractivity (Wildman–Crippen MR) is 81.1 cm³/mol. The number of carbonyl (C=O) groups excluding carboxylic acids is 2. The van der Waals surface area contributed by atoms with Crippen molar-refractivity contribution in [3.8, 4) is 0 Å². The summed E-state index contributed by atoms with van der Waals surface area (Å²) in [7, 11) is 1.36. The highest BCUT2D eigenvalue weighted by atomic mass is 35.5. The van der Waals surface area contributed by atoms with Crippen molar-refractivity contribution in [2.75, 3.05) is 7.11 Å². The van der Waals surface area contributed by atoms with Crippen LogP contribution in [-0.2, 0) is 20.7 Å². The van der Waals surface area contributed by atoms with E-state index in [-0.39, 0.29) is 18.3 Å². The number of rotatable bonds is 4. The molecule has 1 aromatic rings. The molecule has 0 bridgehead atoms. The highest BCUT2D eigenvalue weighted by Gasteiger charge is 2.41. The van der Waals surface area contributed by atoms with Crippen LogP contribution in [-0.4, -0.2) is 24.5 Å². The Morgan fingerprint density at radius 3 is 2.52 bits per heavy atom. The Kier molecular flexibility index (Phi) is 5.23. The fourth-order valence-electron chi connectivity index (χ4n) is 2.86. The summed E-state index contributed by atoms with van der Waals surface area (Å²) in [6.45, 7) is 0. The molecule has 4 nitrogen and oxygen atoms in total. The Balaban J connectivity index is 2.08. The number of hydrogen-bond acceptors (Lipinski definition) is 3. The maximum atomic E-state index is 12.3. The molecule has 0 aromatic heterocycles. The third kappa shape index (κ3) is 3.76. The molecule has 0 unspecified atom stereocenters. The molecule has 1 aromatic carbocycles. The number of amides is 1. The average molecular weight is 310 g/mol. The minimum Gasteiger partial charge on any atom is -0.467 e. The number of benzene rings is 1. The topological polar surface area (TPSA) is 55.4 Å². The summed E-state index contributed by atoms with van der Waals surface area (Å²) in [5.74, 6) is -0.551. The largest absolute Gasteiger partial charge is 0.467 e. The van der Waals surface area contributed by atoms with E-state index >= 15 is 0 Å². The lowest BCUT2D eigenvalue weighted by Crippen LogP contribution is -2.56. The third-order valence-corrected chi connectivity index (χ3v) is 4.34. The first-order chi connectivity index (χ1) is 10.1. The molecule has 2 rings (SSSR count). The average Bonchev–Trinajstić information content (AvgIpc) is 2.49. The molecule has 0 aliphatic heterocycles. The number of methoxy groups -OCH3 is 1. The van der Waals surface area contributed by atoms with Gasteiger partial charge in [0.15, 0.2) is 0 Å². The molecular formula is C16H20ClNO3. The SMILES string of the molecule is COC(=O)C1(NC(=O)Cc2ccccc2Cl)CCCCC1. The highest BCUT2D eigenvalue weighted by molar-refractivity contribution is 6.31. The van der Waals surface area contributed by atoms with Crippen molar-refractivity contribution < 1.29 is 14.3 Å². The van der Waals surface area contributed by atoms with Crippen molar-refractivity contribution in [3.63, 3.8) is 0 Å². The van der Waals surface area contributed by atoms with Gasteiger partial charge >= 0.3 is 5.97 Å². The van der Waals surface area contributed by atoms with E-state index in [9.17, 15) is 9.59 Å². The highest BCUT2D eigenvalue weighted by Crippen LogP contribution is 2.29. The zero-order valence-electron chi connectivity index (χ0n) is 12.2. The second kappa shape index (κ2) is 6.94. The van der Waals surface area contributed by atoms with E-state index in [0.717, 1.165) is 24.8 Å². The molecule has 1 saturated carbocycles. The molecule has 0 radical (unpaired) electrons. The van der Waals surface area contributed by atoms with Crippen LogP contribution >= 0.6 is 11.6 Å². The first-order valence-electron chi connectivity index (χ1n) is 7.20. The van der Waals surface area contributed by atoms with Crippen molar-refractivity contribution in [1.82, 2.24) is 5.32 Å². The zero-order valence-corrected chi connectivity index (χ0v) is 12.9. The quantitative estimate of drug-likeness (QED) is 0.870. The molecule has 1 N–H and O–H groups in total. The predicted octanol–water partition coefficient (Wildman–Crippen LogP) is 2.87. The van der Waals surface area contributed by atoms with Crippen LogP contribution in [0.3, 0.4) is 0 Å². The number of nitrogens with one attached hydrogen (secondary N) is 1. The molecule has 5 heteroatoms. The second-order valence-corrected chi connectivity index (χ2v) is 5.86. The van der Waals surface area contributed by atoms with Gasteiger partial charge in [0.1, 0.15) is 5.54 Å². The third-order valence-electron chi connectivity index (χ3n) is 3.97. The van der Waals surface area contributed by atoms with E-state index in [0.29, 0.717) is 17.9 Å². The van der Waals surface area contributed by atoms with Crippen LogP contribution < -0.4 is 5.32 Å². The normalized spacial score (nSPS) is 17.0. The number of carbonyl (C=O) groups is 2. The molecule has 0 spiro atoms. The number of hydrogen-bond donors (Lipinski definition) is 1. The standard InChI is InChI=1S/C16H20ClNO3/c1-21-15(20)16(9-5-2-6-10-16)18-14(19)11-12-7-3-4-8-13(12)17/h3-4,7-8H,2,5-6,9-11H2,1H3,(H,18,19). The van der Waals surface area contributed by atoms with E-state index in [1.165, 1.54) is 7.11 Å². The van der Waals surface area contributed by atoms with Crippen LogP contribution in [0.5, 0.6) is 0 Å². The first-order valence-corrected chi connectivity index (χ1v) is 7.58. The van der Waals surface area contributed by atoms with E-state index in [2.05, 4.69) is 5.32 Å². The van der Waals surface area contributed by atoms with Crippen LogP contribution in [0.1, 0.15) is 37.7 Å². The van der Waals surface area contributed by atoms with E-state index in [1.54, 1.807) is 6.07 Å². The van der Waals surface area contributed by atoms with Crippen LogP contribution in [0.25, 0.3) is 0 Å². The molecule has 21 heavy (non-hydrogen) atoms. The summed E-state index contributed by atoms with van der Waals surface area (Å²) >= 11 is 6.06. The first kappa shape index (κ1) is 15.8. The maximum absolute atomic E-state index is 12.3. The van der Waals surface area contributed by atoms with Crippen molar-refractivity contribution >= 4 is 23.5 Å². The number of halogens is 1. The summed E-state index contributed by atoms with van der Waals surface area (Å²) in [6, 6.07) is 7.22. The fraction of sp³-hybridized carbons (Fsp3) is 0.500. The van der Waals surface area contributed by atoms with E-state index in [1.807, 2.05) is 18.2 Å². The van der Waals surface area contributed by atoms with Gasteiger partial charge < -0.3 is 10.1 Å². The Labute approximate surface area is 129 Å². The van der Waals surface area contributed by atoms with Crippen molar-refractivity contribution in [1.29, 1.82) is 0 Å². The maximum Gasteiger partial charge on any atom is 0.331 e. The van der Waals surface area contributed by atoms with Crippen LogP contribution in [0.2, 0.25) is 5.02 Å². The van der Waals surface area contributed by atoms with Gasteiger partial charge in [-0.3, -0.25) is 4.79 Å². The van der Waals surface area contributed by atoms with Crippen molar-refractivity contribution in [2.45, 2.75) is 44.1 Å². The molecule has 0 heterocycles. The van der Waals surface area contributed by atoms with Crippen LogP contribution in [0.4, 0.5) is 0 Å². The summed E-state index contributed by atoms with van der Waals surface area (Å²) in [4.78, 5) is 24.4. The van der Waals surface area contributed by atoms with Gasteiger partial charge in [0.2, 0.25) is 5.91 Å². The molecule has 1 aliphatic rings. The van der Waals surface area contributed by atoms with E-state index in [4.69, 9.17) is 16.3 Å². The molecule has 114 valence electrons. The van der Waals surface area contributed by atoms with Crippen molar-refractivity contribution in [2.24, 2.45) is 0 Å². The molecule has 1 aliphatic carbocycles. The van der Waals surface area contributed by atoms with Crippen LogP contribution in [0, 0.1) is 0 Å². The minimum absolute atomic E-state index is 0.165. The molecule has 0 saturated heterocycles. The van der Waals surface area contributed by atoms with Gasteiger partial charge in [-0.1, -0.05) is 49.1 Å².